The highest BCUT2D eigenvalue weighted by Gasteiger charge is 2.63. The standard InChI is InChI=1S/C28H39NO/c1-18-8-6-14-28(4)23-12-15-27(3)13-7-11-22(27)24(23)19(2)26(25(18)28)30-21-10-5-9-20(16-21)17-29/h5,9-10,16,18-19,22-26H,6-8,11-15H2,1-4H3/t18?,19-,22+,23+,24+,25-,26-,27+,28-/m1/s1. The molecule has 0 aliphatic heterocycles. The third-order valence-electron chi connectivity index (χ3n) is 10.4. The Morgan fingerprint density at radius 3 is 2.60 bits per heavy atom. The minimum absolute atomic E-state index is 0.267. The third kappa shape index (κ3) is 2.95. The van der Waals surface area contributed by atoms with Crippen LogP contribution in [-0.2, 0) is 0 Å². The molecular weight excluding hydrogens is 366 g/mol. The van der Waals surface area contributed by atoms with Gasteiger partial charge < -0.3 is 4.74 Å². The first-order valence-corrected chi connectivity index (χ1v) is 12.5. The molecule has 0 N–H and O–H groups in total. The lowest BCUT2D eigenvalue weighted by molar-refractivity contribution is -0.189. The van der Waals surface area contributed by atoms with E-state index in [-0.39, 0.29) is 6.10 Å². The summed E-state index contributed by atoms with van der Waals surface area (Å²) in [6.07, 6.45) is 11.5. The van der Waals surface area contributed by atoms with Crippen molar-refractivity contribution in [2.45, 2.75) is 85.2 Å². The van der Waals surface area contributed by atoms with Crippen LogP contribution in [0.2, 0.25) is 0 Å². The third-order valence-corrected chi connectivity index (χ3v) is 10.4. The maximum absolute atomic E-state index is 9.37. The Hall–Kier alpha value is -1.49. The molecule has 0 spiro atoms. The van der Waals surface area contributed by atoms with Crippen molar-refractivity contribution < 1.29 is 4.74 Å². The van der Waals surface area contributed by atoms with Crippen LogP contribution in [0.25, 0.3) is 0 Å². The monoisotopic (exact) mass is 405 g/mol. The molecule has 4 fully saturated rings. The summed E-state index contributed by atoms with van der Waals surface area (Å²) in [7, 11) is 0. The van der Waals surface area contributed by atoms with Gasteiger partial charge in [-0.05, 0) is 90.7 Å². The van der Waals surface area contributed by atoms with Crippen LogP contribution in [0.5, 0.6) is 5.75 Å². The maximum Gasteiger partial charge on any atom is 0.121 e. The largest absolute Gasteiger partial charge is 0.490 e. The SMILES string of the molecule is CC1CCC[C@@]2(C)[C@H]1[C@H](Oc1cccc(C#N)c1)[C@H](C)[C@H]1[C@@H]3CCC[C@@]3(C)CC[C@@H]12. The van der Waals surface area contributed by atoms with Crippen molar-refractivity contribution >= 4 is 0 Å². The molecule has 2 nitrogen and oxygen atoms in total. The van der Waals surface area contributed by atoms with Crippen molar-refractivity contribution in [3.05, 3.63) is 29.8 Å². The predicted molar refractivity (Wildman–Crippen MR) is 121 cm³/mol. The molecular formula is C28H39NO. The van der Waals surface area contributed by atoms with Crippen LogP contribution in [0.1, 0.15) is 84.6 Å². The van der Waals surface area contributed by atoms with Crippen LogP contribution < -0.4 is 4.74 Å². The fourth-order valence-corrected chi connectivity index (χ4v) is 9.14. The van der Waals surface area contributed by atoms with Crippen LogP contribution in [0.15, 0.2) is 24.3 Å². The van der Waals surface area contributed by atoms with Crippen LogP contribution >= 0.6 is 0 Å². The Kier molecular flexibility index (Phi) is 4.96. The quantitative estimate of drug-likeness (QED) is 0.520. The summed E-state index contributed by atoms with van der Waals surface area (Å²) in [4.78, 5) is 0. The minimum atomic E-state index is 0.267. The van der Waals surface area contributed by atoms with Gasteiger partial charge >= 0.3 is 0 Å². The lowest BCUT2D eigenvalue weighted by Gasteiger charge is -2.65. The van der Waals surface area contributed by atoms with Gasteiger partial charge in [0.15, 0.2) is 0 Å². The fraction of sp³-hybridized carbons (Fsp3) is 0.750. The first-order valence-electron chi connectivity index (χ1n) is 12.5. The molecule has 4 saturated carbocycles. The molecule has 0 amide bonds. The first-order chi connectivity index (χ1) is 14.4. The molecule has 0 aromatic heterocycles. The number of rotatable bonds is 2. The van der Waals surface area contributed by atoms with Crippen LogP contribution in [-0.4, -0.2) is 6.10 Å². The normalized spacial score (nSPS) is 47.5. The molecule has 162 valence electrons. The molecule has 0 saturated heterocycles. The number of nitriles is 1. The Morgan fingerprint density at radius 2 is 1.80 bits per heavy atom. The second-order valence-corrected chi connectivity index (χ2v) is 11.9. The number of benzene rings is 1. The van der Waals surface area contributed by atoms with E-state index in [0.29, 0.717) is 34.1 Å². The minimum Gasteiger partial charge on any atom is -0.490 e. The van der Waals surface area contributed by atoms with Crippen LogP contribution in [0.3, 0.4) is 0 Å². The smallest absolute Gasteiger partial charge is 0.121 e. The van der Waals surface area contributed by atoms with Crippen molar-refractivity contribution in [2.75, 3.05) is 0 Å². The Bertz CT molecular complexity index is 841. The van der Waals surface area contributed by atoms with Crippen molar-refractivity contribution in [2.24, 2.45) is 46.3 Å². The Labute approximate surface area is 183 Å². The molecule has 30 heavy (non-hydrogen) atoms. The van der Waals surface area contributed by atoms with E-state index in [2.05, 4.69) is 39.8 Å². The van der Waals surface area contributed by atoms with E-state index >= 15 is 0 Å². The lowest BCUT2D eigenvalue weighted by Crippen LogP contribution is -2.63. The average molecular weight is 406 g/mol. The van der Waals surface area contributed by atoms with E-state index in [1.807, 2.05) is 18.2 Å². The summed E-state index contributed by atoms with van der Waals surface area (Å²) in [5.74, 6) is 5.35. The summed E-state index contributed by atoms with van der Waals surface area (Å²) in [6.45, 7) is 10.2. The van der Waals surface area contributed by atoms with E-state index in [0.717, 1.165) is 23.5 Å². The molecule has 9 atom stereocenters. The van der Waals surface area contributed by atoms with Gasteiger partial charge in [0.25, 0.3) is 0 Å². The summed E-state index contributed by atoms with van der Waals surface area (Å²) >= 11 is 0. The van der Waals surface area contributed by atoms with Crippen molar-refractivity contribution in [3.8, 4) is 11.8 Å². The lowest BCUT2D eigenvalue weighted by atomic mass is 9.41. The number of hydrogen-bond acceptors (Lipinski definition) is 2. The number of nitrogens with zero attached hydrogens (tertiary/aromatic N) is 1. The Morgan fingerprint density at radius 1 is 1.00 bits per heavy atom. The van der Waals surface area contributed by atoms with Crippen molar-refractivity contribution in [1.29, 1.82) is 5.26 Å². The average Bonchev–Trinajstić information content (AvgIpc) is 3.13. The molecule has 5 rings (SSSR count). The van der Waals surface area contributed by atoms with E-state index in [9.17, 15) is 5.26 Å². The molecule has 4 aliphatic rings. The molecule has 1 unspecified atom stereocenters. The van der Waals surface area contributed by atoms with Crippen LogP contribution in [0, 0.1) is 57.7 Å². The van der Waals surface area contributed by atoms with Gasteiger partial charge in [-0.25, -0.2) is 0 Å². The second-order valence-electron chi connectivity index (χ2n) is 11.9. The molecule has 4 aliphatic carbocycles. The molecule has 0 heterocycles. The zero-order chi connectivity index (χ0) is 21.1. The Balaban J connectivity index is 1.55. The molecule has 1 aromatic carbocycles. The number of ether oxygens (including phenoxy) is 1. The van der Waals surface area contributed by atoms with Gasteiger partial charge in [0.1, 0.15) is 11.9 Å². The first kappa shape index (κ1) is 20.4. The maximum atomic E-state index is 9.37. The van der Waals surface area contributed by atoms with Gasteiger partial charge in [0, 0.05) is 5.92 Å². The summed E-state index contributed by atoms with van der Waals surface area (Å²) < 4.78 is 6.89. The predicted octanol–water partition coefficient (Wildman–Crippen LogP) is 7.23. The molecule has 1 aromatic rings. The van der Waals surface area contributed by atoms with E-state index in [4.69, 9.17) is 4.74 Å². The van der Waals surface area contributed by atoms with Crippen molar-refractivity contribution in [3.63, 3.8) is 0 Å². The molecule has 0 bridgehead atoms. The van der Waals surface area contributed by atoms with Gasteiger partial charge in [0.2, 0.25) is 0 Å². The van der Waals surface area contributed by atoms with Crippen LogP contribution in [0.4, 0.5) is 0 Å². The van der Waals surface area contributed by atoms with Gasteiger partial charge in [-0.3, -0.25) is 0 Å². The summed E-state index contributed by atoms with van der Waals surface area (Å²) in [5, 5.41) is 9.37. The summed E-state index contributed by atoms with van der Waals surface area (Å²) in [5.41, 5.74) is 1.66. The second kappa shape index (κ2) is 7.29. The highest BCUT2D eigenvalue weighted by atomic mass is 16.5. The van der Waals surface area contributed by atoms with Gasteiger partial charge in [-0.1, -0.05) is 53.0 Å². The molecule has 2 heteroatoms. The van der Waals surface area contributed by atoms with Gasteiger partial charge in [-0.2, -0.15) is 5.26 Å². The fourth-order valence-electron chi connectivity index (χ4n) is 9.14. The number of hydrogen-bond donors (Lipinski definition) is 0. The van der Waals surface area contributed by atoms with E-state index in [1.165, 1.54) is 51.4 Å². The van der Waals surface area contributed by atoms with E-state index < -0.39 is 0 Å². The van der Waals surface area contributed by atoms with Gasteiger partial charge in [-0.15, -0.1) is 0 Å². The highest BCUT2D eigenvalue weighted by Crippen LogP contribution is 2.68. The topological polar surface area (TPSA) is 33.0 Å². The highest BCUT2D eigenvalue weighted by molar-refractivity contribution is 5.36. The van der Waals surface area contributed by atoms with Gasteiger partial charge in [0.05, 0.1) is 11.6 Å². The zero-order valence-electron chi connectivity index (χ0n) is 19.4. The molecule has 0 radical (unpaired) electrons. The number of fused-ring (bicyclic) bond motifs is 5. The van der Waals surface area contributed by atoms with Crippen molar-refractivity contribution in [1.82, 2.24) is 0 Å². The summed E-state index contributed by atoms with van der Waals surface area (Å²) in [6, 6.07) is 10.2. The zero-order valence-corrected chi connectivity index (χ0v) is 19.4. The van der Waals surface area contributed by atoms with E-state index in [1.54, 1.807) is 0 Å².